The van der Waals surface area contributed by atoms with E-state index in [0.29, 0.717) is 41.7 Å². The Hall–Kier alpha value is -1.66. The van der Waals surface area contributed by atoms with E-state index in [1.807, 2.05) is 20.8 Å². The fraction of sp³-hybridized carbons (Fsp3) is 0.579. The van der Waals surface area contributed by atoms with Gasteiger partial charge in [0, 0.05) is 25.2 Å². The van der Waals surface area contributed by atoms with Crippen molar-refractivity contribution in [3.63, 3.8) is 0 Å². The highest BCUT2D eigenvalue weighted by molar-refractivity contribution is 6.42. The summed E-state index contributed by atoms with van der Waals surface area (Å²) in [7, 11) is 0. The topological polar surface area (TPSA) is 67.9 Å². The van der Waals surface area contributed by atoms with Gasteiger partial charge in [0.05, 0.1) is 10.0 Å². The van der Waals surface area contributed by atoms with Crippen LogP contribution >= 0.6 is 23.2 Å². The van der Waals surface area contributed by atoms with Crippen molar-refractivity contribution in [1.82, 2.24) is 10.2 Å². The summed E-state index contributed by atoms with van der Waals surface area (Å²) in [5.74, 6) is 0.267. The van der Waals surface area contributed by atoms with Crippen LogP contribution in [-0.2, 0) is 9.53 Å². The van der Waals surface area contributed by atoms with Crippen LogP contribution in [0, 0.1) is 0 Å². The van der Waals surface area contributed by atoms with E-state index >= 15 is 0 Å². The SMILES string of the molecule is CC(Oc1ccc(Cl)c(Cl)c1)C(=O)NC1CCN(C(=O)OC(C)(C)C)CC1. The predicted molar refractivity (Wildman–Crippen MR) is 106 cm³/mol. The Kier molecular flexibility index (Phi) is 7.23. The van der Waals surface area contributed by atoms with Gasteiger partial charge < -0.3 is 19.7 Å². The molecule has 1 saturated heterocycles. The summed E-state index contributed by atoms with van der Waals surface area (Å²) in [6.07, 6.45) is 0.351. The first kappa shape index (κ1) is 21.6. The van der Waals surface area contributed by atoms with Crippen molar-refractivity contribution in [3.8, 4) is 5.75 Å². The van der Waals surface area contributed by atoms with E-state index in [1.54, 1.807) is 30.0 Å². The quantitative estimate of drug-likeness (QED) is 0.794. The number of nitrogens with zero attached hydrogens (tertiary/aromatic N) is 1. The molecule has 0 saturated carbocycles. The molecule has 150 valence electrons. The number of halogens is 2. The first-order valence-corrected chi connectivity index (χ1v) is 9.71. The summed E-state index contributed by atoms with van der Waals surface area (Å²) in [5.41, 5.74) is -0.514. The number of ether oxygens (including phenoxy) is 2. The van der Waals surface area contributed by atoms with Crippen molar-refractivity contribution in [2.45, 2.75) is 58.3 Å². The Labute approximate surface area is 170 Å². The maximum absolute atomic E-state index is 12.4. The number of nitrogens with one attached hydrogen (secondary N) is 1. The lowest BCUT2D eigenvalue weighted by atomic mass is 10.1. The molecule has 0 aromatic heterocycles. The molecule has 0 radical (unpaired) electrons. The second-order valence-electron chi connectivity index (χ2n) is 7.59. The molecule has 1 aromatic rings. The standard InChI is InChI=1S/C19H26Cl2N2O4/c1-12(26-14-5-6-15(20)16(21)11-14)17(24)22-13-7-9-23(10-8-13)18(25)27-19(2,3)4/h5-6,11-13H,7-10H2,1-4H3,(H,22,24). The lowest BCUT2D eigenvalue weighted by Crippen LogP contribution is -2.50. The number of piperidine rings is 1. The molecule has 1 fully saturated rings. The van der Waals surface area contributed by atoms with Crippen molar-refractivity contribution in [3.05, 3.63) is 28.2 Å². The molecule has 1 aliphatic rings. The van der Waals surface area contributed by atoms with E-state index in [4.69, 9.17) is 32.7 Å². The highest BCUT2D eigenvalue weighted by Crippen LogP contribution is 2.27. The van der Waals surface area contributed by atoms with Crippen LogP contribution in [0.25, 0.3) is 0 Å². The minimum Gasteiger partial charge on any atom is -0.481 e. The van der Waals surface area contributed by atoms with Crippen molar-refractivity contribution in [2.75, 3.05) is 13.1 Å². The number of carbonyl (C=O) groups is 2. The van der Waals surface area contributed by atoms with Gasteiger partial charge in [0.15, 0.2) is 6.10 Å². The molecular weight excluding hydrogens is 391 g/mol. The second-order valence-corrected chi connectivity index (χ2v) is 8.40. The number of hydrogen-bond donors (Lipinski definition) is 1. The fourth-order valence-electron chi connectivity index (χ4n) is 2.66. The van der Waals surface area contributed by atoms with Gasteiger partial charge in [0.2, 0.25) is 0 Å². The molecule has 0 aliphatic carbocycles. The number of likely N-dealkylation sites (tertiary alicyclic amines) is 1. The zero-order valence-electron chi connectivity index (χ0n) is 16.1. The summed E-state index contributed by atoms with van der Waals surface area (Å²) >= 11 is 11.8. The van der Waals surface area contributed by atoms with Crippen LogP contribution in [0.2, 0.25) is 10.0 Å². The summed E-state index contributed by atoms with van der Waals surface area (Å²) in [4.78, 5) is 26.1. The van der Waals surface area contributed by atoms with Gasteiger partial charge in [-0.25, -0.2) is 4.79 Å². The molecule has 1 atom stereocenters. The van der Waals surface area contributed by atoms with Crippen LogP contribution in [0.3, 0.4) is 0 Å². The Morgan fingerprint density at radius 2 is 1.81 bits per heavy atom. The van der Waals surface area contributed by atoms with E-state index in [2.05, 4.69) is 5.32 Å². The maximum atomic E-state index is 12.4. The Bertz CT molecular complexity index is 683. The summed E-state index contributed by atoms with van der Waals surface area (Å²) in [6.45, 7) is 8.28. The van der Waals surface area contributed by atoms with Gasteiger partial charge in [-0.15, -0.1) is 0 Å². The molecule has 6 nitrogen and oxygen atoms in total. The molecule has 0 bridgehead atoms. The molecule has 1 aromatic carbocycles. The third kappa shape index (κ3) is 6.78. The van der Waals surface area contributed by atoms with Gasteiger partial charge in [-0.3, -0.25) is 4.79 Å². The van der Waals surface area contributed by atoms with E-state index < -0.39 is 11.7 Å². The normalized spacial score (nSPS) is 16.6. The smallest absolute Gasteiger partial charge is 0.410 e. The monoisotopic (exact) mass is 416 g/mol. The van der Waals surface area contributed by atoms with Crippen LogP contribution in [0.5, 0.6) is 5.75 Å². The first-order valence-electron chi connectivity index (χ1n) is 8.95. The first-order chi connectivity index (χ1) is 12.5. The number of benzene rings is 1. The highest BCUT2D eigenvalue weighted by atomic mass is 35.5. The van der Waals surface area contributed by atoms with Crippen molar-refractivity contribution >= 4 is 35.2 Å². The van der Waals surface area contributed by atoms with Crippen LogP contribution < -0.4 is 10.1 Å². The van der Waals surface area contributed by atoms with E-state index in [-0.39, 0.29) is 18.0 Å². The molecule has 1 N–H and O–H groups in total. The molecule has 1 aliphatic heterocycles. The van der Waals surface area contributed by atoms with Gasteiger partial charge in [-0.1, -0.05) is 23.2 Å². The molecule has 1 unspecified atom stereocenters. The lowest BCUT2D eigenvalue weighted by Gasteiger charge is -2.34. The third-order valence-corrected chi connectivity index (χ3v) is 4.81. The second kappa shape index (κ2) is 9.02. The van der Waals surface area contributed by atoms with Crippen LogP contribution in [0.4, 0.5) is 4.79 Å². The Morgan fingerprint density at radius 1 is 1.19 bits per heavy atom. The minimum atomic E-state index is -0.675. The van der Waals surface area contributed by atoms with Gasteiger partial charge in [-0.05, 0) is 52.7 Å². The molecule has 2 rings (SSSR count). The number of hydrogen-bond acceptors (Lipinski definition) is 4. The summed E-state index contributed by atoms with van der Waals surface area (Å²) in [6, 6.07) is 4.86. The maximum Gasteiger partial charge on any atom is 0.410 e. The van der Waals surface area contributed by atoms with Crippen LogP contribution in [-0.4, -0.2) is 47.7 Å². The van der Waals surface area contributed by atoms with Gasteiger partial charge in [0.25, 0.3) is 5.91 Å². The van der Waals surface area contributed by atoms with Gasteiger partial charge >= 0.3 is 6.09 Å². The Balaban J connectivity index is 1.79. The molecule has 27 heavy (non-hydrogen) atoms. The van der Waals surface area contributed by atoms with Crippen molar-refractivity contribution < 1.29 is 19.1 Å². The number of carbonyl (C=O) groups excluding carboxylic acids is 2. The van der Waals surface area contributed by atoms with Crippen molar-refractivity contribution in [1.29, 1.82) is 0 Å². The minimum absolute atomic E-state index is 0.00366. The fourth-order valence-corrected chi connectivity index (χ4v) is 2.95. The van der Waals surface area contributed by atoms with E-state index in [9.17, 15) is 9.59 Å². The van der Waals surface area contributed by atoms with Crippen LogP contribution in [0.1, 0.15) is 40.5 Å². The third-order valence-electron chi connectivity index (χ3n) is 4.07. The van der Waals surface area contributed by atoms with E-state index in [1.165, 1.54) is 0 Å². The average molecular weight is 417 g/mol. The summed E-state index contributed by atoms with van der Waals surface area (Å²) < 4.78 is 11.0. The zero-order chi connectivity index (χ0) is 20.2. The largest absolute Gasteiger partial charge is 0.481 e. The molecule has 0 spiro atoms. The summed E-state index contributed by atoms with van der Waals surface area (Å²) in [5, 5.41) is 3.77. The Morgan fingerprint density at radius 3 is 2.37 bits per heavy atom. The number of amides is 2. The highest BCUT2D eigenvalue weighted by Gasteiger charge is 2.28. The molecule has 8 heteroatoms. The lowest BCUT2D eigenvalue weighted by molar-refractivity contribution is -0.128. The van der Waals surface area contributed by atoms with Gasteiger partial charge in [-0.2, -0.15) is 0 Å². The van der Waals surface area contributed by atoms with Crippen LogP contribution in [0.15, 0.2) is 18.2 Å². The molecular formula is C19H26Cl2N2O4. The zero-order valence-corrected chi connectivity index (χ0v) is 17.6. The predicted octanol–water partition coefficient (Wildman–Crippen LogP) is 4.28. The number of rotatable bonds is 4. The van der Waals surface area contributed by atoms with Gasteiger partial charge in [0.1, 0.15) is 11.4 Å². The molecule has 1 heterocycles. The van der Waals surface area contributed by atoms with E-state index in [0.717, 1.165) is 0 Å². The van der Waals surface area contributed by atoms with Crippen molar-refractivity contribution in [2.24, 2.45) is 0 Å². The molecule has 2 amide bonds. The average Bonchev–Trinajstić information content (AvgIpc) is 2.57.